The maximum atomic E-state index is 11.6. The summed E-state index contributed by atoms with van der Waals surface area (Å²) in [6.45, 7) is 3.52. The van der Waals surface area contributed by atoms with Gasteiger partial charge in [-0.2, -0.15) is 0 Å². The van der Waals surface area contributed by atoms with Crippen molar-refractivity contribution in [1.29, 1.82) is 0 Å². The zero-order valence-electron chi connectivity index (χ0n) is 19.5. The molecule has 1 saturated heterocycles. The number of rotatable bonds is 9. The fourth-order valence-corrected chi connectivity index (χ4v) is 5.77. The minimum Gasteiger partial charge on any atom is -0.497 e. The molecule has 2 N–H and O–H groups in total. The van der Waals surface area contributed by atoms with Crippen molar-refractivity contribution >= 4 is 7.37 Å². The smallest absolute Gasteiger partial charge is 0.200 e. The molecule has 2 aromatic carbocycles. The molecule has 0 amide bonds. The van der Waals surface area contributed by atoms with Gasteiger partial charge >= 0.3 is 0 Å². The first-order valence-electron chi connectivity index (χ1n) is 11.8. The van der Waals surface area contributed by atoms with Crippen molar-refractivity contribution in [1.82, 2.24) is 0 Å². The van der Waals surface area contributed by atoms with Crippen molar-refractivity contribution < 1.29 is 28.8 Å². The number of benzene rings is 2. The molecule has 0 aromatic heterocycles. The lowest BCUT2D eigenvalue weighted by Gasteiger charge is -2.34. The highest BCUT2D eigenvalue weighted by atomic mass is 31.2. The standard InChI is InChI=1S/C26H35O6P/c1-30-22-10-11-24(21-15-31-16-21)25(13-22)19-8-6-18(7-9-19)14-32-23-5-3-4-20(12-23)26(27)17-33(2,28)29/h3-5,10-13,18-19,21,26-27H,6-9,14-17H2,1-2H3,(H,28,29)/t18?,19?,26-/m1/s1. The summed E-state index contributed by atoms with van der Waals surface area (Å²) in [7, 11) is -1.57. The molecule has 2 aromatic rings. The van der Waals surface area contributed by atoms with Crippen LogP contribution in [0.3, 0.4) is 0 Å². The molecule has 4 rings (SSSR count). The normalized spacial score (nSPS) is 23.9. The average Bonchev–Trinajstić information content (AvgIpc) is 2.76. The van der Waals surface area contributed by atoms with Gasteiger partial charge in [0.05, 0.1) is 39.2 Å². The third-order valence-electron chi connectivity index (χ3n) is 6.90. The number of aliphatic hydroxyl groups is 1. The van der Waals surface area contributed by atoms with Crippen LogP contribution in [-0.4, -0.2) is 49.8 Å². The van der Waals surface area contributed by atoms with Gasteiger partial charge in [0.15, 0.2) is 0 Å². The summed E-state index contributed by atoms with van der Waals surface area (Å²) in [5, 5.41) is 10.3. The van der Waals surface area contributed by atoms with E-state index >= 15 is 0 Å². The average molecular weight is 475 g/mol. The quantitative estimate of drug-likeness (QED) is 0.492. The van der Waals surface area contributed by atoms with E-state index in [2.05, 4.69) is 18.2 Å². The molecule has 0 spiro atoms. The van der Waals surface area contributed by atoms with E-state index in [1.165, 1.54) is 17.8 Å². The van der Waals surface area contributed by atoms with Crippen LogP contribution in [0.2, 0.25) is 0 Å². The fraction of sp³-hybridized carbons (Fsp3) is 0.538. The van der Waals surface area contributed by atoms with Gasteiger partial charge in [-0.15, -0.1) is 0 Å². The van der Waals surface area contributed by atoms with Gasteiger partial charge in [-0.3, -0.25) is 4.57 Å². The Morgan fingerprint density at radius 3 is 2.42 bits per heavy atom. The highest BCUT2D eigenvalue weighted by Crippen LogP contribution is 2.42. The molecule has 6 nitrogen and oxygen atoms in total. The van der Waals surface area contributed by atoms with Crippen molar-refractivity contribution in [2.75, 3.05) is 39.8 Å². The topological polar surface area (TPSA) is 85.2 Å². The van der Waals surface area contributed by atoms with E-state index in [9.17, 15) is 14.6 Å². The Morgan fingerprint density at radius 1 is 1.03 bits per heavy atom. The first-order chi connectivity index (χ1) is 15.8. The fourth-order valence-electron chi connectivity index (χ4n) is 4.91. The monoisotopic (exact) mass is 474 g/mol. The van der Waals surface area contributed by atoms with Crippen LogP contribution < -0.4 is 9.47 Å². The van der Waals surface area contributed by atoms with Gasteiger partial charge < -0.3 is 24.2 Å². The second-order valence-corrected chi connectivity index (χ2v) is 12.0. The number of methoxy groups -OCH3 is 1. The highest BCUT2D eigenvalue weighted by molar-refractivity contribution is 7.57. The lowest BCUT2D eigenvalue weighted by atomic mass is 9.76. The Kier molecular flexibility index (Phi) is 7.80. The van der Waals surface area contributed by atoms with Crippen LogP contribution in [0.4, 0.5) is 0 Å². The van der Waals surface area contributed by atoms with Gasteiger partial charge in [-0.05, 0) is 78.5 Å². The minimum absolute atomic E-state index is 0.153. The summed E-state index contributed by atoms with van der Waals surface area (Å²) in [5.74, 6) is 3.14. The van der Waals surface area contributed by atoms with Crippen LogP contribution >= 0.6 is 7.37 Å². The molecule has 1 heterocycles. The second kappa shape index (κ2) is 10.6. The van der Waals surface area contributed by atoms with E-state index in [1.54, 1.807) is 19.2 Å². The van der Waals surface area contributed by atoms with Crippen molar-refractivity contribution in [3.8, 4) is 11.5 Å². The third kappa shape index (κ3) is 6.39. The van der Waals surface area contributed by atoms with Crippen molar-refractivity contribution in [3.63, 3.8) is 0 Å². The number of hydrogen-bond acceptors (Lipinski definition) is 5. The predicted molar refractivity (Wildman–Crippen MR) is 129 cm³/mol. The van der Waals surface area contributed by atoms with Gasteiger partial charge in [0.1, 0.15) is 11.5 Å². The van der Waals surface area contributed by atoms with Gasteiger partial charge in [-0.1, -0.05) is 18.2 Å². The van der Waals surface area contributed by atoms with Crippen molar-refractivity contribution in [2.45, 2.75) is 43.6 Å². The number of aliphatic hydroxyl groups excluding tert-OH is 1. The maximum Gasteiger partial charge on any atom is 0.200 e. The lowest BCUT2D eigenvalue weighted by molar-refractivity contribution is 0.00781. The molecule has 180 valence electrons. The summed E-state index contributed by atoms with van der Waals surface area (Å²) in [4.78, 5) is 9.54. The SMILES string of the molecule is COc1ccc(C2COC2)c(C2CCC(COc3cccc([C@H](O)CP(C)(=O)O)c3)CC2)c1. The molecule has 1 aliphatic carbocycles. The van der Waals surface area contributed by atoms with Crippen LogP contribution in [-0.2, 0) is 9.30 Å². The number of hydrogen-bond donors (Lipinski definition) is 2. The van der Waals surface area contributed by atoms with Crippen molar-refractivity contribution in [2.24, 2.45) is 5.92 Å². The van der Waals surface area contributed by atoms with E-state index in [4.69, 9.17) is 14.2 Å². The zero-order valence-corrected chi connectivity index (χ0v) is 20.4. The van der Waals surface area contributed by atoms with Gasteiger partial charge in [0.2, 0.25) is 7.37 Å². The molecular weight excluding hydrogens is 439 g/mol. The molecule has 2 aliphatic rings. The largest absolute Gasteiger partial charge is 0.497 e. The summed E-state index contributed by atoms with van der Waals surface area (Å²) in [5.41, 5.74) is 3.44. The van der Waals surface area contributed by atoms with E-state index in [0.29, 0.717) is 35.7 Å². The Morgan fingerprint density at radius 2 is 1.79 bits per heavy atom. The van der Waals surface area contributed by atoms with Crippen molar-refractivity contribution in [3.05, 3.63) is 59.2 Å². The highest BCUT2D eigenvalue weighted by Gasteiger charge is 2.29. The maximum absolute atomic E-state index is 11.6. The predicted octanol–water partition coefficient (Wildman–Crippen LogP) is 5.10. The molecule has 7 heteroatoms. The summed E-state index contributed by atoms with van der Waals surface area (Å²) < 4.78 is 28.6. The molecule has 1 unspecified atom stereocenters. The molecular formula is C26H35O6P. The van der Waals surface area contributed by atoms with Crippen LogP contribution in [0.15, 0.2) is 42.5 Å². The Labute approximate surface area is 196 Å². The van der Waals surface area contributed by atoms with Crippen LogP contribution in [0.1, 0.15) is 60.3 Å². The summed E-state index contributed by atoms with van der Waals surface area (Å²) in [6.07, 6.45) is 3.34. The lowest BCUT2D eigenvalue weighted by Crippen LogP contribution is -2.27. The first kappa shape index (κ1) is 24.3. The Balaban J connectivity index is 1.33. The zero-order chi connectivity index (χ0) is 23.4. The third-order valence-corrected chi connectivity index (χ3v) is 7.92. The van der Waals surface area contributed by atoms with E-state index < -0.39 is 13.5 Å². The number of ether oxygens (including phenoxy) is 3. The molecule has 1 saturated carbocycles. The van der Waals surface area contributed by atoms with Gasteiger partial charge in [-0.25, -0.2) is 0 Å². The van der Waals surface area contributed by atoms with Crippen LogP contribution in [0, 0.1) is 5.92 Å². The molecule has 0 radical (unpaired) electrons. The van der Waals surface area contributed by atoms with Crippen LogP contribution in [0.25, 0.3) is 0 Å². The molecule has 2 fully saturated rings. The van der Waals surface area contributed by atoms with Gasteiger partial charge in [0, 0.05) is 12.6 Å². The molecule has 1 aliphatic heterocycles. The van der Waals surface area contributed by atoms with Crippen LogP contribution in [0.5, 0.6) is 11.5 Å². The Hall–Kier alpha value is -1.85. The first-order valence-corrected chi connectivity index (χ1v) is 14.1. The van der Waals surface area contributed by atoms with Gasteiger partial charge in [0.25, 0.3) is 0 Å². The molecule has 33 heavy (non-hydrogen) atoms. The summed E-state index contributed by atoms with van der Waals surface area (Å²) >= 11 is 0. The van der Waals surface area contributed by atoms with E-state index in [1.807, 2.05) is 12.1 Å². The van der Waals surface area contributed by atoms with E-state index in [0.717, 1.165) is 44.6 Å². The summed E-state index contributed by atoms with van der Waals surface area (Å²) in [6, 6.07) is 13.7. The Bertz CT molecular complexity index is 974. The molecule has 0 bridgehead atoms. The second-order valence-electron chi connectivity index (χ2n) is 9.58. The minimum atomic E-state index is -3.29. The molecule has 2 atom stereocenters. The van der Waals surface area contributed by atoms with E-state index in [-0.39, 0.29) is 6.16 Å².